The third-order valence-corrected chi connectivity index (χ3v) is 4.72. The average molecular weight is 292 g/mol. The number of ketones is 1. The zero-order valence-corrected chi connectivity index (χ0v) is 13.3. The van der Waals surface area contributed by atoms with Crippen molar-refractivity contribution < 1.29 is 4.79 Å². The molecule has 1 fully saturated rings. The molecule has 0 aliphatic heterocycles. The normalized spacial score (nSPS) is 15.1. The van der Waals surface area contributed by atoms with Crippen molar-refractivity contribution in [3.63, 3.8) is 0 Å². The zero-order valence-electron chi connectivity index (χ0n) is 13.3. The summed E-state index contributed by atoms with van der Waals surface area (Å²) in [5.41, 5.74) is 4.67. The highest BCUT2D eigenvalue weighted by molar-refractivity contribution is 5.98. The van der Waals surface area contributed by atoms with E-state index in [1.165, 1.54) is 36.0 Å². The molecule has 0 saturated heterocycles. The van der Waals surface area contributed by atoms with E-state index in [0.717, 1.165) is 24.8 Å². The highest BCUT2D eigenvalue weighted by Crippen LogP contribution is 2.29. The summed E-state index contributed by atoms with van der Waals surface area (Å²) in [7, 11) is 0. The standard InChI is InChI=1S/C21H24O/c1-2-5-16-8-10-17(11-9-16)18-12-14-20(15-13-18)21(22)19-6-3-4-7-19/h8-15,19H,2-7H2,1H3. The lowest BCUT2D eigenvalue weighted by Crippen LogP contribution is -2.10. The summed E-state index contributed by atoms with van der Waals surface area (Å²) in [6.45, 7) is 2.20. The van der Waals surface area contributed by atoms with E-state index in [-0.39, 0.29) is 5.92 Å². The molecule has 0 unspecified atom stereocenters. The van der Waals surface area contributed by atoms with Gasteiger partial charge in [0.25, 0.3) is 0 Å². The van der Waals surface area contributed by atoms with E-state index in [1.807, 2.05) is 12.1 Å². The first-order chi connectivity index (χ1) is 10.8. The van der Waals surface area contributed by atoms with Crippen molar-refractivity contribution in [2.75, 3.05) is 0 Å². The van der Waals surface area contributed by atoms with Crippen LogP contribution in [0.4, 0.5) is 0 Å². The van der Waals surface area contributed by atoms with Crippen molar-refractivity contribution in [1.29, 1.82) is 0 Å². The van der Waals surface area contributed by atoms with Crippen LogP contribution in [0.3, 0.4) is 0 Å². The monoisotopic (exact) mass is 292 g/mol. The molecule has 1 saturated carbocycles. The lowest BCUT2D eigenvalue weighted by atomic mass is 9.94. The first-order valence-corrected chi connectivity index (χ1v) is 8.51. The summed E-state index contributed by atoms with van der Waals surface area (Å²) in [4.78, 5) is 12.4. The van der Waals surface area contributed by atoms with Gasteiger partial charge < -0.3 is 0 Å². The fourth-order valence-electron chi connectivity index (χ4n) is 3.40. The smallest absolute Gasteiger partial charge is 0.165 e. The molecule has 3 rings (SSSR count). The molecular formula is C21H24O. The molecule has 1 aliphatic carbocycles. The van der Waals surface area contributed by atoms with Gasteiger partial charge in [-0.1, -0.05) is 74.7 Å². The van der Waals surface area contributed by atoms with E-state index in [0.29, 0.717) is 5.78 Å². The molecule has 0 atom stereocenters. The Labute approximate surface area is 133 Å². The van der Waals surface area contributed by atoms with Crippen molar-refractivity contribution in [3.05, 3.63) is 59.7 Å². The number of Topliss-reactive ketones (excluding diaryl/α,β-unsaturated/α-hetero) is 1. The molecule has 0 aromatic heterocycles. The predicted molar refractivity (Wildman–Crippen MR) is 92.2 cm³/mol. The molecule has 0 heterocycles. The molecule has 2 aromatic carbocycles. The zero-order chi connectivity index (χ0) is 15.4. The summed E-state index contributed by atoms with van der Waals surface area (Å²) >= 11 is 0. The Morgan fingerprint density at radius 3 is 2.00 bits per heavy atom. The van der Waals surface area contributed by atoms with Gasteiger partial charge in [0.15, 0.2) is 5.78 Å². The maximum Gasteiger partial charge on any atom is 0.165 e. The summed E-state index contributed by atoms with van der Waals surface area (Å²) in [5.74, 6) is 0.599. The van der Waals surface area contributed by atoms with Crippen LogP contribution in [-0.4, -0.2) is 5.78 Å². The summed E-state index contributed by atoms with van der Waals surface area (Å²) in [6.07, 6.45) is 6.86. The van der Waals surface area contributed by atoms with Gasteiger partial charge in [0.05, 0.1) is 0 Å². The van der Waals surface area contributed by atoms with Gasteiger partial charge in [0.2, 0.25) is 0 Å². The number of aryl methyl sites for hydroxylation is 1. The second kappa shape index (κ2) is 6.91. The number of benzene rings is 2. The van der Waals surface area contributed by atoms with Crippen LogP contribution in [0.15, 0.2) is 48.5 Å². The van der Waals surface area contributed by atoms with Gasteiger partial charge in [-0.2, -0.15) is 0 Å². The molecule has 0 N–H and O–H groups in total. The van der Waals surface area contributed by atoms with Gasteiger partial charge in [-0.15, -0.1) is 0 Å². The minimum atomic E-state index is 0.263. The van der Waals surface area contributed by atoms with Gasteiger partial charge in [0, 0.05) is 11.5 Å². The van der Waals surface area contributed by atoms with E-state index >= 15 is 0 Å². The first kappa shape index (κ1) is 15.0. The van der Waals surface area contributed by atoms with Gasteiger partial charge in [-0.3, -0.25) is 4.79 Å². The molecule has 114 valence electrons. The average Bonchev–Trinajstić information content (AvgIpc) is 3.10. The Balaban J connectivity index is 1.74. The van der Waals surface area contributed by atoms with E-state index < -0.39 is 0 Å². The molecular weight excluding hydrogens is 268 g/mol. The second-order valence-corrected chi connectivity index (χ2v) is 6.37. The fraction of sp³-hybridized carbons (Fsp3) is 0.381. The predicted octanol–water partition coefficient (Wildman–Crippen LogP) is 5.68. The van der Waals surface area contributed by atoms with Crippen molar-refractivity contribution >= 4 is 5.78 Å². The number of carbonyl (C=O) groups excluding carboxylic acids is 1. The third-order valence-electron chi connectivity index (χ3n) is 4.72. The summed E-state index contributed by atoms with van der Waals surface area (Å²) in [5, 5.41) is 0. The van der Waals surface area contributed by atoms with Crippen LogP contribution in [0, 0.1) is 5.92 Å². The highest BCUT2D eigenvalue weighted by Gasteiger charge is 2.23. The summed E-state index contributed by atoms with van der Waals surface area (Å²) < 4.78 is 0. The third kappa shape index (κ3) is 3.30. The van der Waals surface area contributed by atoms with Crippen LogP contribution in [0.25, 0.3) is 11.1 Å². The van der Waals surface area contributed by atoms with E-state index in [1.54, 1.807) is 0 Å². The van der Waals surface area contributed by atoms with Crippen molar-refractivity contribution in [2.45, 2.75) is 45.4 Å². The molecule has 1 aliphatic rings. The quantitative estimate of drug-likeness (QED) is 0.648. The number of rotatable bonds is 5. The van der Waals surface area contributed by atoms with Crippen LogP contribution in [0.5, 0.6) is 0 Å². The maximum atomic E-state index is 12.4. The lowest BCUT2D eigenvalue weighted by Gasteiger charge is -2.09. The number of hydrogen-bond donors (Lipinski definition) is 0. The fourth-order valence-corrected chi connectivity index (χ4v) is 3.40. The van der Waals surface area contributed by atoms with Gasteiger partial charge >= 0.3 is 0 Å². The molecule has 0 radical (unpaired) electrons. The Morgan fingerprint density at radius 2 is 1.45 bits per heavy atom. The van der Waals surface area contributed by atoms with Crippen LogP contribution < -0.4 is 0 Å². The van der Waals surface area contributed by atoms with Crippen LogP contribution in [-0.2, 0) is 6.42 Å². The Kier molecular flexibility index (Phi) is 4.72. The minimum Gasteiger partial charge on any atom is -0.294 e. The molecule has 1 nitrogen and oxygen atoms in total. The van der Waals surface area contributed by atoms with Crippen LogP contribution in [0.1, 0.15) is 54.9 Å². The van der Waals surface area contributed by atoms with Crippen molar-refractivity contribution in [3.8, 4) is 11.1 Å². The second-order valence-electron chi connectivity index (χ2n) is 6.37. The lowest BCUT2D eigenvalue weighted by molar-refractivity contribution is 0.0923. The molecule has 0 amide bonds. The Hall–Kier alpha value is -1.89. The number of carbonyl (C=O) groups is 1. The highest BCUT2D eigenvalue weighted by atomic mass is 16.1. The Morgan fingerprint density at radius 1 is 0.909 bits per heavy atom. The van der Waals surface area contributed by atoms with Crippen LogP contribution in [0.2, 0.25) is 0 Å². The van der Waals surface area contributed by atoms with Crippen LogP contribution >= 0.6 is 0 Å². The Bertz CT molecular complexity index is 616. The molecule has 2 aromatic rings. The summed E-state index contributed by atoms with van der Waals surface area (Å²) in [6, 6.07) is 16.9. The van der Waals surface area contributed by atoms with E-state index in [2.05, 4.69) is 43.3 Å². The SMILES string of the molecule is CCCc1ccc(-c2ccc(C(=O)C3CCCC3)cc2)cc1. The topological polar surface area (TPSA) is 17.1 Å². The van der Waals surface area contributed by atoms with Gasteiger partial charge in [-0.25, -0.2) is 0 Å². The van der Waals surface area contributed by atoms with E-state index in [4.69, 9.17) is 0 Å². The van der Waals surface area contributed by atoms with Gasteiger partial charge in [0.1, 0.15) is 0 Å². The minimum absolute atomic E-state index is 0.263. The number of hydrogen-bond acceptors (Lipinski definition) is 1. The maximum absolute atomic E-state index is 12.4. The van der Waals surface area contributed by atoms with Crippen molar-refractivity contribution in [2.24, 2.45) is 5.92 Å². The molecule has 0 spiro atoms. The largest absolute Gasteiger partial charge is 0.294 e. The molecule has 1 heteroatoms. The van der Waals surface area contributed by atoms with Crippen molar-refractivity contribution in [1.82, 2.24) is 0 Å². The molecule has 0 bridgehead atoms. The van der Waals surface area contributed by atoms with Gasteiger partial charge in [-0.05, 0) is 36.0 Å². The van der Waals surface area contributed by atoms with E-state index in [9.17, 15) is 4.79 Å². The molecule has 22 heavy (non-hydrogen) atoms. The first-order valence-electron chi connectivity index (χ1n) is 8.51.